The molecule has 0 spiro atoms. The molecule has 2 atom stereocenters. The second kappa shape index (κ2) is 7.34. The van der Waals surface area contributed by atoms with Crippen LogP contribution in [0.2, 0.25) is 5.02 Å². The molecule has 0 aliphatic rings. The lowest BCUT2D eigenvalue weighted by atomic mass is 10.2. The maximum absolute atomic E-state index is 9.36. The van der Waals surface area contributed by atoms with Crippen LogP contribution < -0.4 is 5.32 Å². The summed E-state index contributed by atoms with van der Waals surface area (Å²) in [7, 11) is 0. The van der Waals surface area contributed by atoms with Crippen LogP contribution in [-0.2, 0) is 13.1 Å². The predicted molar refractivity (Wildman–Crippen MR) is 95.1 cm³/mol. The number of imidazole rings is 1. The van der Waals surface area contributed by atoms with Crippen LogP contribution >= 0.6 is 11.6 Å². The van der Waals surface area contributed by atoms with Crippen LogP contribution in [0.4, 0.5) is 0 Å². The molecule has 2 aromatic heterocycles. The maximum Gasteiger partial charge on any atom is 0.123 e. The monoisotopic (exact) mass is 347 g/mol. The summed E-state index contributed by atoms with van der Waals surface area (Å²) in [5, 5.41) is 17.8. The van der Waals surface area contributed by atoms with Gasteiger partial charge in [0, 0.05) is 30.0 Å². The van der Waals surface area contributed by atoms with Gasteiger partial charge in [-0.05, 0) is 38.1 Å². The number of hydrogen-bond acceptors (Lipinski definition) is 4. The molecular weight excluding hydrogens is 326 g/mol. The molecule has 128 valence electrons. The third kappa shape index (κ3) is 3.45. The summed E-state index contributed by atoms with van der Waals surface area (Å²) in [6, 6.07) is 8.01. The van der Waals surface area contributed by atoms with Gasteiger partial charge in [0.15, 0.2) is 0 Å². The Kier molecular flexibility index (Phi) is 5.18. The molecule has 1 aromatic carbocycles. The van der Waals surface area contributed by atoms with Gasteiger partial charge >= 0.3 is 0 Å². The van der Waals surface area contributed by atoms with Crippen molar-refractivity contribution < 1.29 is 5.11 Å². The Hall–Kier alpha value is -1.89. The highest BCUT2D eigenvalue weighted by Gasteiger charge is 2.16. The Morgan fingerprint density at radius 2 is 2.17 bits per heavy atom. The topological polar surface area (TPSA) is 67.9 Å². The van der Waals surface area contributed by atoms with Crippen molar-refractivity contribution in [1.82, 2.24) is 24.6 Å². The highest BCUT2D eigenvalue weighted by atomic mass is 35.5. The van der Waals surface area contributed by atoms with Gasteiger partial charge in [-0.15, -0.1) is 0 Å². The largest absolute Gasteiger partial charge is 0.395 e. The van der Waals surface area contributed by atoms with Gasteiger partial charge in [0.05, 0.1) is 30.2 Å². The summed E-state index contributed by atoms with van der Waals surface area (Å²) in [6.45, 7) is 5.45. The molecule has 2 heterocycles. The fraction of sp³-hybridized carbons (Fsp3) is 0.412. The van der Waals surface area contributed by atoms with Gasteiger partial charge in [-0.3, -0.25) is 4.68 Å². The summed E-state index contributed by atoms with van der Waals surface area (Å²) < 4.78 is 3.97. The molecule has 0 saturated carbocycles. The lowest BCUT2D eigenvalue weighted by Gasteiger charge is -2.22. The molecule has 0 radical (unpaired) electrons. The number of fused-ring (bicyclic) bond motifs is 1. The molecule has 7 heteroatoms. The summed E-state index contributed by atoms with van der Waals surface area (Å²) in [5.74, 6) is 0.890. The molecule has 0 unspecified atom stereocenters. The van der Waals surface area contributed by atoms with Gasteiger partial charge in [-0.2, -0.15) is 5.10 Å². The number of aromatic nitrogens is 4. The van der Waals surface area contributed by atoms with Gasteiger partial charge < -0.3 is 15.0 Å². The Bertz CT molecular complexity index is 799. The Labute approximate surface area is 146 Å². The van der Waals surface area contributed by atoms with Crippen molar-refractivity contribution in [3.63, 3.8) is 0 Å². The molecule has 3 rings (SSSR count). The number of hydrogen-bond donors (Lipinski definition) is 2. The highest BCUT2D eigenvalue weighted by molar-refractivity contribution is 6.31. The molecule has 24 heavy (non-hydrogen) atoms. The van der Waals surface area contributed by atoms with Gasteiger partial charge in [0.25, 0.3) is 0 Å². The van der Waals surface area contributed by atoms with Crippen molar-refractivity contribution in [2.24, 2.45) is 0 Å². The van der Waals surface area contributed by atoms with E-state index in [4.69, 9.17) is 11.6 Å². The summed E-state index contributed by atoms with van der Waals surface area (Å²) in [5.41, 5.74) is 1.83. The van der Waals surface area contributed by atoms with E-state index >= 15 is 0 Å². The number of rotatable bonds is 7. The third-order valence-electron chi connectivity index (χ3n) is 4.36. The zero-order valence-corrected chi connectivity index (χ0v) is 14.6. The standard InChI is InChI=1S/C17H22ClN5O/c1-12(13(2)23-7-3-6-20-23)19-11-17-21-15-10-14(18)4-5-16(15)22(17)8-9-24/h3-7,10,12-13,19,24H,8-9,11H2,1-2H3/t12-,13+/m0/s1. The first-order chi connectivity index (χ1) is 11.6. The van der Waals surface area contributed by atoms with E-state index in [1.54, 1.807) is 6.20 Å². The fourth-order valence-corrected chi connectivity index (χ4v) is 2.98. The third-order valence-corrected chi connectivity index (χ3v) is 4.60. The molecule has 6 nitrogen and oxygen atoms in total. The van der Waals surface area contributed by atoms with Crippen LogP contribution in [0.1, 0.15) is 25.7 Å². The van der Waals surface area contributed by atoms with E-state index in [0.717, 1.165) is 16.9 Å². The second-order valence-electron chi connectivity index (χ2n) is 5.93. The smallest absolute Gasteiger partial charge is 0.123 e. The minimum atomic E-state index is 0.0698. The molecular formula is C17H22ClN5O. The molecule has 0 amide bonds. The average molecular weight is 348 g/mol. The summed E-state index contributed by atoms with van der Waals surface area (Å²) in [4.78, 5) is 4.67. The molecule has 0 bridgehead atoms. The highest BCUT2D eigenvalue weighted by Crippen LogP contribution is 2.21. The average Bonchev–Trinajstić information content (AvgIpc) is 3.20. The molecule has 2 N–H and O–H groups in total. The van der Waals surface area contributed by atoms with Crippen LogP contribution in [0.15, 0.2) is 36.7 Å². The number of nitrogens with zero attached hydrogens (tertiary/aromatic N) is 4. The van der Waals surface area contributed by atoms with Crippen LogP contribution in [-0.4, -0.2) is 37.1 Å². The van der Waals surface area contributed by atoms with E-state index < -0.39 is 0 Å². The van der Waals surface area contributed by atoms with E-state index in [2.05, 4.69) is 29.2 Å². The fourth-order valence-electron chi connectivity index (χ4n) is 2.81. The Balaban J connectivity index is 1.77. The normalized spacial score (nSPS) is 14.2. The molecule has 3 aromatic rings. The quantitative estimate of drug-likeness (QED) is 0.689. The van der Waals surface area contributed by atoms with Crippen molar-refractivity contribution in [1.29, 1.82) is 0 Å². The summed E-state index contributed by atoms with van der Waals surface area (Å²) >= 11 is 6.06. The van der Waals surface area contributed by atoms with Gasteiger partial charge in [0.2, 0.25) is 0 Å². The molecule has 0 aliphatic carbocycles. The van der Waals surface area contributed by atoms with E-state index in [1.165, 1.54) is 0 Å². The first-order valence-corrected chi connectivity index (χ1v) is 8.46. The van der Waals surface area contributed by atoms with Crippen LogP contribution in [0.3, 0.4) is 0 Å². The number of halogens is 1. The van der Waals surface area contributed by atoms with Crippen LogP contribution in [0.25, 0.3) is 11.0 Å². The summed E-state index contributed by atoms with van der Waals surface area (Å²) in [6.07, 6.45) is 3.75. The Morgan fingerprint density at radius 3 is 2.88 bits per heavy atom. The number of aliphatic hydroxyl groups is 1. The zero-order valence-electron chi connectivity index (χ0n) is 13.9. The van der Waals surface area contributed by atoms with Gasteiger partial charge in [-0.1, -0.05) is 11.6 Å². The molecule has 0 aliphatic heterocycles. The minimum Gasteiger partial charge on any atom is -0.395 e. The SMILES string of the molecule is C[C@H](NCc1nc2cc(Cl)ccc2n1CCO)[C@@H](C)n1cccn1. The first kappa shape index (κ1) is 17.0. The van der Waals surface area contributed by atoms with E-state index in [9.17, 15) is 5.11 Å². The number of nitrogens with one attached hydrogen (secondary N) is 1. The number of aliphatic hydroxyl groups excluding tert-OH is 1. The van der Waals surface area contributed by atoms with Crippen LogP contribution in [0, 0.1) is 0 Å². The number of benzene rings is 1. The molecule has 0 saturated heterocycles. The van der Waals surface area contributed by atoms with E-state index in [0.29, 0.717) is 18.1 Å². The zero-order chi connectivity index (χ0) is 17.1. The maximum atomic E-state index is 9.36. The van der Waals surface area contributed by atoms with Crippen molar-refractivity contribution in [2.75, 3.05) is 6.61 Å². The van der Waals surface area contributed by atoms with Crippen molar-refractivity contribution in [2.45, 2.75) is 39.0 Å². The van der Waals surface area contributed by atoms with E-state index in [1.807, 2.05) is 39.7 Å². The van der Waals surface area contributed by atoms with Gasteiger partial charge in [-0.25, -0.2) is 4.98 Å². The Morgan fingerprint density at radius 1 is 1.33 bits per heavy atom. The predicted octanol–water partition coefficient (Wildman–Crippen LogP) is 2.62. The van der Waals surface area contributed by atoms with Crippen molar-refractivity contribution >= 4 is 22.6 Å². The van der Waals surface area contributed by atoms with E-state index in [-0.39, 0.29) is 18.7 Å². The van der Waals surface area contributed by atoms with Crippen molar-refractivity contribution in [3.05, 3.63) is 47.5 Å². The molecule has 0 fully saturated rings. The van der Waals surface area contributed by atoms with Crippen LogP contribution in [0.5, 0.6) is 0 Å². The lowest BCUT2D eigenvalue weighted by molar-refractivity contribution is 0.274. The van der Waals surface area contributed by atoms with Gasteiger partial charge in [0.1, 0.15) is 5.82 Å². The first-order valence-electron chi connectivity index (χ1n) is 8.08. The van der Waals surface area contributed by atoms with Crippen molar-refractivity contribution in [3.8, 4) is 0 Å². The lowest BCUT2D eigenvalue weighted by Crippen LogP contribution is -2.34. The minimum absolute atomic E-state index is 0.0698. The second-order valence-corrected chi connectivity index (χ2v) is 6.37.